The molecule has 19 heavy (non-hydrogen) atoms. The largest absolute Gasteiger partial charge is 0.366 e. The standard InChI is InChI=1S/C11H19N5O2S/c1-3-8(2)13-10-6-12-16-11(15-10)14-9-4-5-19(17,18)7-9/h6,8-9H,3-5,7H2,1-2H3,(H2,13,14,15,16). The Morgan fingerprint density at radius 3 is 2.95 bits per heavy atom. The highest BCUT2D eigenvalue weighted by molar-refractivity contribution is 7.91. The van der Waals surface area contributed by atoms with Crippen molar-refractivity contribution < 1.29 is 8.42 Å². The summed E-state index contributed by atoms with van der Waals surface area (Å²) in [5.41, 5.74) is 0. The third-order valence-corrected chi connectivity index (χ3v) is 4.90. The van der Waals surface area contributed by atoms with E-state index < -0.39 is 9.84 Å². The molecule has 8 heteroatoms. The molecule has 1 aromatic heterocycles. The van der Waals surface area contributed by atoms with Gasteiger partial charge in [-0.25, -0.2) is 8.42 Å². The van der Waals surface area contributed by atoms with Gasteiger partial charge in [-0.15, -0.1) is 5.10 Å². The molecule has 0 aliphatic carbocycles. The zero-order valence-corrected chi connectivity index (χ0v) is 11.9. The van der Waals surface area contributed by atoms with E-state index in [9.17, 15) is 8.42 Å². The number of aromatic nitrogens is 3. The van der Waals surface area contributed by atoms with Gasteiger partial charge in [0.2, 0.25) is 5.95 Å². The number of hydrogen-bond donors (Lipinski definition) is 2. The SMILES string of the molecule is CCC(C)Nc1cnnc(NC2CCS(=O)(=O)C2)n1. The molecule has 2 unspecified atom stereocenters. The minimum atomic E-state index is -2.90. The molecule has 0 spiro atoms. The number of rotatable bonds is 5. The Hall–Kier alpha value is -1.44. The molecule has 0 aromatic carbocycles. The Morgan fingerprint density at radius 2 is 2.32 bits per heavy atom. The summed E-state index contributed by atoms with van der Waals surface area (Å²) in [5.74, 6) is 1.38. The second-order valence-electron chi connectivity index (χ2n) is 4.86. The lowest BCUT2D eigenvalue weighted by atomic mass is 10.3. The van der Waals surface area contributed by atoms with Crippen LogP contribution in [-0.2, 0) is 9.84 Å². The molecule has 1 aliphatic heterocycles. The second-order valence-corrected chi connectivity index (χ2v) is 7.09. The zero-order chi connectivity index (χ0) is 13.9. The summed E-state index contributed by atoms with van der Waals surface area (Å²) in [6, 6.07) is 0.182. The maximum atomic E-state index is 11.4. The van der Waals surface area contributed by atoms with Crippen molar-refractivity contribution in [2.24, 2.45) is 0 Å². The van der Waals surface area contributed by atoms with E-state index in [1.807, 2.05) is 0 Å². The summed E-state index contributed by atoms with van der Waals surface area (Å²) in [4.78, 5) is 4.28. The molecule has 0 bridgehead atoms. The molecule has 2 atom stereocenters. The third-order valence-electron chi connectivity index (χ3n) is 3.13. The Balaban J connectivity index is 1.99. The second kappa shape index (κ2) is 5.68. The molecule has 2 heterocycles. The fourth-order valence-electron chi connectivity index (χ4n) is 1.88. The van der Waals surface area contributed by atoms with E-state index in [-0.39, 0.29) is 17.5 Å². The zero-order valence-electron chi connectivity index (χ0n) is 11.1. The average molecular weight is 285 g/mol. The predicted octanol–water partition coefficient (Wildman–Crippen LogP) is 0.681. The summed E-state index contributed by atoms with van der Waals surface area (Å²) in [6.07, 6.45) is 3.13. The van der Waals surface area contributed by atoms with Crippen molar-refractivity contribution in [2.75, 3.05) is 22.1 Å². The summed E-state index contributed by atoms with van der Waals surface area (Å²) >= 11 is 0. The van der Waals surface area contributed by atoms with E-state index in [2.05, 4.69) is 39.7 Å². The lowest BCUT2D eigenvalue weighted by Gasteiger charge is -2.13. The van der Waals surface area contributed by atoms with Crippen LogP contribution in [0, 0.1) is 0 Å². The smallest absolute Gasteiger partial charge is 0.244 e. The molecule has 1 aromatic rings. The highest BCUT2D eigenvalue weighted by Gasteiger charge is 2.28. The van der Waals surface area contributed by atoms with Gasteiger partial charge in [-0.05, 0) is 19.8 Å². The molecule has 2 N–H and O–H groups in total. The van der Waals surface area contributed by atoms with Crippen LogP contribution in [0.2, 0.25) is 0 Å². The third kappa shape index (κ3) is 4.02. The lowest BCUT2D eigenvalue weighted by Crippen LogP contribution is -2.23. The maximum absolute atomic E-state index is 11.4. The van der Waals surface area contributed by atoms with Crippen molar-refractivity contribution in [1.29, 1.82) is 0 Å². The lowest BCUT2D eigenvalue weighted by molar-refractivity contribution is 0.602. The molecule has 2 rings (SSSR count). The number of sulfone groups is 1. The van der Waals surface area contributed by atoms with Gasteiger partial charge >= 0.3 is 0 Å². The van der Waals surface area contributed by atoms with Crippen molar-refractivity contribution in [3.63, 3.8) is 0 Å². The van der Waals surface area contributed by atoms with Gasteiger partial charge in [-0.2, -0.15) is 10.1 Å². The van der Waals surface area contributed by atoms with Crippen LogP contribution in [0.3, 0.4) is 0 Å². The van der Waals surface area contributed by atoms with Gasteiger partial charge in [0.25, 0.3) is 0 Å². The fraction of sp³-hybridized carbons (Fsp3) is 0.727. The molecule has 0 radical (unpaired) electrons. The number of hydrogen-bond acceptors (Lipinski definition) is 7. The molecule has 0 saturated carbocycles. The van der Waals surface area contributed by atoms with Gasteiger partial charge in [-0.3, -0.25) is 0 Å². The molecule has 0 amide bonds. The summed E-state index contributed by atoms with van der Waals surface area (Å²) in [5, 5.41) is 14.0. The van der Waals surface area contributed by atoms with Crippen LogP contribution in [0.1, 0.15) is 26.7 Å². The van der Waals surface area contributed by atoms with Gasteiger partial charge in [-0.1, -0.05) is 6.92 Å². The number of anilines is 2. The van der Waals surface area contributed by atoms with Gasteiger partial charge in [0.05, 0.1) is 17.7 Å². The molecule has 7 nitrogen and oxygen atoms in total. The number of nitrogens with one attached hydrogen (secondary N) is 2. The van der Waals surface area contributed by atoms with E-state index in [1.54, 1.807) is 6.20 Å². The Morgan fingerprint density at radius 1 is 1.53 bits per heavy atom. The van der Waals surface area contributed by atoms with Gasteiger partial charge in [0.15, 0.2) is 15.7 Å². The van der Waals surface area contributed by atoms with Crippen LogP contribution in [0.25, 0.3) is 0 Å². The first-order valence-corrected chi connectivity index (χ1v) is 8.24. The van der Waals surface area contributed by atoms with Gasteiger partial charge in [0.1, 0.15) is 0 Å². The van der Waals surface area contributed by atoms with Gasteiger partial charge in [0, 0.05) is 12.1 Å². The molecule has 1 fully saturated rings. The van der Waals surface area contributed by atoms with Crippen molar-refractivity contribution >= 4 is 21.6 Å². The van der Waals surface area contributed by atoms with Crippen molar-refractivity contribution in [1.82, 2.24) is 15.2 Å². The Bertz CT molecular complexity index is 534. The van der Waals surface area contributed by atoms with E-state index in [4.69, 9.17) is 0 Å². The molecular weight excluding hydrogens is 266 g/mol. The van der Waals surface area contributed by atoms with Crippen LogP contribution >= 0.6 is 0 Å². The Labute approximate surface area is 113 Å². The molecular formula is C11H19N5O2S. The van der Waals surface area contributed by atoms with E-state index >= 15 is 0 Å². The number of nitrogens with zero attached hydrogens (tertiary/aromatic N) is 3. The highest BCUT2D eigenvalue weighted by atomic mass is 32.2. The quantitative estimate of drug-likeness (QED) is 0.821. The monoisotopic (exact) mass is 285 g/mol. The minimum absolute atomic E-state index is 0.120. The average Bonchev–Trinajstić information content (AvgIpc) is 2.69. The van der Waals surface area contributed by atoms with E-state index in [1.165, 1.54) is 0 Å². The summed E-state index contributed by atoms with van der Waals surface area (Å²) < 4.78 is 22.7. The van der Waals surface area contributed by atoms with E-state index in [0.29, 0.717) is 24.2 Å². The summed E-state index contributed by atoms with van der Waals surface area (Å²) in [7, 11) is -2.90. The maximum Gasteiger partial charge on any atom is 0.244 e. The summed E-state index contributed by atoms with van der Waals surface area (Å²) in [6.45, 7) is 4.13. The van der Waals surface area contributed by atoms with Crippen LogP contribution < -0.4 is 10.6 Å². The van der Waals surface area contributed by atoms with Crippen molar-refractivity contribution in [3.05, 3.63) is 6.20 Å². The minimum Gasteiger partial charge on any atom is -0.366 e. The topological polar surface area (TPSA) is 96.9 Å². The van der Waals surface area contributed by atoms with Crippen LogP contribution in [0.5, 0.6) is 0 Å². The van der Waals surface area contributed by atoms with E-state index in [0.717, 1.165) is 6.42 Å². The van der Waals surface area contributed by atoms with Crippen LogP contribution in [0.4, 0.5) is 11.8 Å². The fourth-order valence-corrected chi connectivity index (χ4v) is 3.55. The van der Waals surface area contributed by atoms with Crippen molar-refractivity contribution in [3.8, 4) is 0 Å². The van der Waals surface area contributed by atoms with Crippen LogP contribution in [0.15, 0.2) is 6.20 Å². The first kappa shape index (κ1) is 14.0. The first-order valence-electron chi connectivity index (χ1n) is 6.41. The normalized spacial score (nSPS) is 22.9. The van der Waals surface area contributed by atoms with Crippen molar-refractivity contribution in [2.45, 2.75) is 38.8 Å². The van der Waals surface area contributed by atoms with Gasteiger partial charge < -0.3 is 10.6 Å². The van der Waals surface area contributed by atoms with Crippen LogP contribution in [-0.4, -0.2) is 47.2 Å². The highest BCUT2D eigenvalue weighted by Crippen LogP contribution is 2.15. The Kier molecular flexibility index (Phi) is 4.18. The first-order chi connectivity index (χ1) is 8.98. The molecule has 106 valence electrons. The predicted molar refractivity (Wildman–Crippen MR) is 73.9 cm³/mol. The molecule has 1 aliphatic rings. The molecule has 1 saturated heterocycles.